The molecule has 7 heteroatoms. The molecule has 0 saturated heterocycles. The van der Waals surface area contributed by atoms with Gasteiger partial charge in [-0.15, -0.1) is 0 Å². The zero-order chi connectivity index (χ0) is 12.7. The van der Waals surface area contributed by atoms with Crippen LogP contribution < -0.4 is 10.6 Å². The molecule has 0 aromatic heterocycles. The summed E-state index contributed by atoms with van der Waals surface area (Å²) in [5, 5.41) is 4.93. The highest BCUT2D eigenvalue weighted by Crippen LogP contribution is 2.03. The van der Waals surface area contributed by atoms with E-state index in [2.05, 4.69) is 10.6 Å². The summed E-state index contributed by atoms with van der Waals surface area (Å²) in [6, 6.07) is 0. The highest BCUT2D eigenvalue weighted by molar-refractivity contribution is 6.13. The van der Waals surface area contributed by atoms with Crippen molar-refractivity contribution >= 4 is 24.1 Å². The molecule has 0 spiro atoms. The van der Waals surface area contributed by atoms with Crippen LogP contribution in [-0.2, 0) is 19.2 Å². The van der Waals surface area contributed by atoms with Crippen molar-refractivity contribution in [2.75, 3.05) is 19.6 Å². The average Bonchev–Trinajstić information content (AvgIpc) is 2.62. The molecule has 1 aliphatic heterocycles. The number of carbonyl (C=O) groups excluding carboxylic acids is 4. The summed E-state index contributed by atoms with van der Waals surface area (Å²) in [7, 11) is 0. The summed E-state index contributed by atoms with van der Waals surface area (Å²) >= 11 is 0. The predicted octanol–water partition coefficient (Wildman–Crippen LogP) is -1.84. The lowest BCUT2D eigenvalue weighted by Gasteiger charge is -2.13. The van der Waals surface area contributed by atoms with Crippen LogP contribution in [0.5, 0.6) is 0 Å². The largest absolute Gasteiger partial charge is 0.357 e. The number of nitrogens with one attached hydrogen (secondary N) is 2. The van der Waals surface area contributed by atoms with Gasteiger partial charge in [0, 0.05) is 38.2 Å². The van der Waals surface area contributed by atoms with E-state index >= 15 is 0 Å². The molecule has 7 nitrogen and oxygen atoms in total. The topological polar surface area (TPSA) is 95.6 Å². The number of imide groups is 1. The van der Waals surface area contributed by atoms with Crippen LogP contribution in [-0.4, -0.2) is 48.7 Å². The first-order valence-electron chi connectivity index (χ1n) is 5.12. The summed E-state index contributed by atoms with van der Waals surface area (Å²) < 4.78 is 0. The van der Waals surface area contributed by atoms with Crippen LogP contribution in [0.2, 0.25) is 0 Å². The minimum atomic E-state index is -0.398. The molecule has 0 atom stereocenters. The van der Waals surface area contributed by atoms with Crippen molar-refractivity contribution in [3.05, 3.63) is 12.2 Å². The number of amides is 4. The molecule has 1 rings (SSSR count). The molecule has 0 unspecified atom stereocenters. The van der Waals surface area contributed by atoms with Gasteiger partial charge in [0.2, 0.25) is 12.3 Å². The SMILES string of the molecule is O=CNCCNC(=O)CCN1C(=O)C=CC1=O. The fourth-order valence-corrected chi connectivity index (χ4v) is 1.29. The van der Waals surface area contributed by atoms with Crippen LogP contribution in [0.3, 0.4) is 0 Å². The Morgan fingerprint density at radius 3 is 2.47 bits per heavy atom. The lowest BCUT2D eigenvalue weighted by molar-refractivity contribution is -0.137. The average molecular weight is 239 g/mol. The van der Waals surface area contributed by atoms with Crippen molar-refractivity contribution in [3.63, 3.8) is 0 Å². The van der Waals surface area contributed by atoms with Gasteiger partial charge in [-0.1, -0.05) is 0 Å². The summed E-state index contributed by atoms with van der Waals surface area (Å²) in [4.78, 5) is 44.5. The summed E-state index contributed by atoms with van der Waals surface area (Å²) in [6.45, 7) is 0.730. The molecule has 0 saturated carbocycles. The van der Waals surface area contributed by atoms with E-state index in [1.54, 1.807) is 0 Å². The van der Waals surface area contributed by atoms with Crippen molar-refractivity contribution in [2.24, 2.45) is 0 Å². The van der Waals surface area contributed by atoms with Crippen LogP contribution in [0.15, 0.2) is 12.2 Å². The third-order valence-electron chi connectivity index (χ3n) is 2.14. The maximum atomic E-state index is 11.3. The van der Waals surface area contributed by atoms with Gasteiger partial charge in [-0.2, -0.15) is 0 Å². The Labute approximate surface area is 97.8 Å². The molecule has 1 heterocycles. The first kappa shape index (κ1) is 12.9. The fourth-order valence-electron chi connectivity index (χ4n) is 1.29. The number of nitrogens with zero attached hydrogens (tertiary/aromatic N) is 1. The Bertz CT molecular complexity index is 347. The van der Waals surface area contributed by atoms with E-state index in [0.29, 0.717) is 19.5 Å². The normalized spacial score (nSPS) is 14.0. The van der Waals surface area contributed by atoms with E-state index in [-0.39, 0.29) is 18.9 Å². The molecule has 1 aliphatic rings. The van der Waals surface area contributed by atoms with Crippen molar-refractivity contribution in [3.8, 4) is 0 Å². The van der Waals surface area contributed by atoms with Gasteiger partial charge in [-0.3, -0.25) is 24.1 Å². The van der Waals surface area contributed by atoms with E-state index < -0.39 is 11.8 Å². The van der Waals surface area contributed by atoms with Gasteiger partial charge in [-0.25, -0.2) is 0 Å². The number of rotatable bonds is 7. The van der Waals surface area contributed by atoms with E-state index in [9.17, 15) is 19.2 Å². The van der Waals surface area contributed by atoms with E-state index in [4.69, 9.17) is 0 Å². The van der Waals surface area contributed by atoms with Gasteiger partial charge in [0.15, 0.2) is 0 Å². The lowest BCUT2D eigenvalue weighted by atomic mass is 10.3. The number of hydrogen-bond acceptors (Lipinski definition) is 4. The summed E-state index contributed by atoms with van der Waals surface area (Å²) in [5.41, 5.74) is 0. The quantitative estimate of drug-likeness (QED) is 0.310. The van der Waals surface area contributed by atoms with E-state index in [1.165, 1.54) is 12.2 Å². The standard InChI is InChI=1S/C10H13N3O4/c14-7-11-4-5-12-8(15)3-6-13-9(16)1-2-10(13)17/h1-2,7H,3-6H2,(H,11,14)(H,12,15). The van der Waals surface area contributed by atoms with Gasteiger partial charge in [0.1, 0.15) is 0 Å². The molecule has 0 aromatic rings. The molecule has 0 radical (unpaired) electrons. The summed E-state index contributed by atoms with van der Waals surface area (Å²) in [5.74, 6) is -1.07. The minimum absolute atomic E-state index is 0.0558. The van der Waals surface area contributed by atoms with Crippen LogP contribution in [0, 0.1) is 0 Å². The Morgan fingerprint density at radius 2 is 1.88 bits per heavy atom. The molecule has 2 N–H and O–H groups in total. The second kappa shape index (κ2) is 6.41. The van der Waals surface area contributed by atoms with Crippen LogP contribution in [0.4, 0.5) is 0 Å². The molecule has 0 aromatic carbocycles. The molecular weight excluding hydrogens is 226 g/mol. The smallest absolute Gasteiger partial charge is 0.253 e. The summed E-state index contributed by atoms with van der Waals surface area (Å²) in [6.07, 6.45) is 2.95. The van der Waals surface area contributed by atoms with E-state index in [0.717, 1.165) is 4.90 Å². The fraction of sp³-hybridized carbons (Fsp3) is 0.400. The predicted molar refractivity (Wildman–Crippen MR) is 57.6 cm³/mol. The molecular formula is C10H13N3O4. The van der Waals surface area contributed by atoms with E-state index in [1.807, 2.05) is 0 Å². The monoisotopic (exact) mass is 239 g/mol. The Kier molecular flexibility index (Phi) is 4.86. The van der Waals surface area contributed by atoms with Crippen molar-refractivity contribution in [1.82, 2.24) is 15.5 Å². The molecule has 17 heavy (non-hydrogen) atoms. The highest BCUT2D eigenvalue weighted by Gasteiger charge is 2.23. The van der Waals surface area contributed by atoms with Crippen LogP contribution in [0.25, 0.3) is 0 Å². The Balaban J connectivity index is 2.17. The zero-order valence-corrected chi connectivity index (χ0v) is 9.14. The molecule has 0 bridgehead atoms. The van der Waals surface area contributed by atoms with Gasteiger partial charge < -0.3 is 10.6 Å². The molecule has 92 valence electrons. The first-order valence-corrected chi connectivity index (χ1v) is 5.12. The third-order valence-corrected chi connectivity index (χ3v) is 2.14. The number of carbonyl (C=O) groups is 4. The van der Waals surface area contributed by atoms with Crippen molar-refractivity contribution in [2.45, 2.75) is 6.42 Å². The Hall–Kier alpha value is -2.18. The first-order chi connectivity index (χ1) is 8.15. The van der Waals surface area contributed by atoms with Gasteiger partial charge in [0.05, 0.1) is 0 Å². The van der Waals surface area contributed by atoms with Crippen LogP contribution in [0.1, 0.15) is 6.42 Å². The number of hydrogen-bond donors (Lipinski definition) is 2. The van der Waals surface area contributed by atoms with Crippen molar-refractivity contribution < 1.29 is 19.2 Å². The second-order valence-electron chi connectivity index (χ2n) is 3.33. The maximum absolute atomic E-state index is 11.3. The third kappa shape index (κ3) is 4.06. The van der Waals surface area contributed by atoms with Gasteiger partial charge >= 0.3 is 0 Å². The van der Waals surface area contributed by atoms with Crippen molar-refractivity contribution in [1.29, 1.82) is 0 Å². The highest BCUT2D eigenvalue weighted by atomic mass is 16.2. The maximum Gasteiger partial charge on any atom is 0.253 e. The van der Waals surface area contributed by atoms with Crippen LogP contribution >= 0.6 is 0 Å². The Morgan fingerprint density at radius 1 is 1.24 bits per heavy atom. The lowest BCUT2D eigenvalue weighted by Crippen LogP contribution is -2.36. The van der Waals surface area contributed by atoms with Gasteiger partial charge in [-0.05, 0) is 0 Å². The molecule has 0 fully saturated rings. The second-order valence-corrected chi connectivity index (χ2v) is 3.33. The minimum Gasteiger partial charge on any atom is -0.357 e. The van der Waals surface area contributed by atoms with Gasteiger partial charge in [0.25, 0.3) is 11.8 Å². The molecule has 0 aliphatic carbocycles. The molecule has 4 amide bonds. The zero-order valence-electron chi connectivity index (χ0n) is 9.14.